The molecule has 5 nitrogen and oxygen atoms in total. The van der Waals surface area contributed by atoms with Gasteiger partial charge in [-0.25, -0.2) is 0 Å². The van der Waals surface area contributed by atoms with Gasteiger partial charge in [0.1, 0.15) is 11.5 Å². The van der Waals surface area contributed by atoms with Crippen molar-refractivity contribution in [2.24, 2.45) is 11.7 Å². The molecule has 0 bridgehead atoms. The minimum atomic E-state index is -0.00874. The third kappa shape index (κ3) is 3.42. The molecule has 0 spiro atoms. The van der Waals surface area contributed by atoms with Crippen LogP contribution in [-0.4, -0.2) is 26.2 Å². The van der Waals surface area contributed by atoms with E-state index in [9.17, 15) is 4.79 Å². The summed E-state index contributed by atoms with van der Waals surface area (Å²) in [6.07, 6.45) is 3.68. The fraction of sp³-hybridized carbons (Fsp3) is 0.533. The zero-order chi connectivity index (χ0) is 14.5. The predicted molar refractivity (Wildman–Crippen MR) is 78.1 cm³/mol. The highest BCUT2D eigenvalue weighted by Crippen LogP contribution is 2.31. The molecule has 3 N–H and O–H groups in total. The van der Waals surface area contributed by atoms with Crippen LogP contribution < -0.4 is 20.5 Å². The van der Waals surface area contributed by atoms with Gasteiger partial charge >= 0.3 is 0 Å². The maximum absolute atomic E-state index is 12.3. The molecule has 0 aromatic heterocycles. The van der Waals surface area contributed by atoms with Crippen LogP contribution in [0.15, 0.2) is 18.2 Å². The summed E-state index contributed by atoms with van der Waals surface area (Å²) in [5.74, 6) is 1.30. The number of ether oxygens (including phenoxy) is 2. The number of amides is 1. The minimum Gasteiger partial charge on any atom is -0.497 e. The number of hydrogen-bond donors (Lipinski definition) is 2. The summed E-state index contributed by atoms with van der Waals surface area (Å²) < 4.78 is 10.4. The Morgan fingerprint density at radius 2 is 2.10 bits per heavy atom. The number of benzene rings is 1. The van der Waals surface area contributed by atoms with E-state index < -0.39 is 0 Å². The second-order valence-corrected chi connectivity index (χ2v) is 5.18. The monoisotopic (exact) mass is 278 g/mol. The largest absolute Gasteiger partial charge is 0.497 e. The molecule has 1 saturated carbocycles. The van der Waals surface area contributed by atoms with Crippen LogP contribution in [0.5, 0.6) is 11.5 Å². The lowest BCUT2D eigenvalue weighted by Crippen LogP contribution is -2.34. The summed E-state index contributed by atoms with van der Waals surface area (Å²) in [5, 5.41) is 2.93. The molecule has 1 fully saturated rings. The molecular formula is C15H22N2O3. The third-order valence-electron chi connectivity index (χ3n) is 3.75. The number of carbonyl (C=O) groups excluding carboxylic acids is 1. The van der Waals surface area contributed by atoms with Gasteiger partial charge < -0.3 is 20.5 Å². The average Bonchev–Trinajstić information content (AvgIpc) is 2.47. The SMILES string of the molecule is COc1ccc(NC(=O)C2CCCC(N)C2)c(OC)c1. The lowest BCUT2D eigenvalue weighted by molar-refractivity contribution is -0.120. The molecule has 2 unspecified atom stereocenters. The molecule has 0 heterocycles. The van der Waals surface area contributed by atoms with Crippen LogP contribution in [0.4, 0.5) is 5.69 Å². The molecule has 0 saturated heterocycles. The summed E-state index contributed by atoms with van der Waals surface area (Å²) in [4.78, 5) is 12.3. The van der Waals surface area contributed by atoms with Crippen LogP contribution in [0.2, 0.25) is 0 Å². The highest BCUT2D eigenvalue weighted by atomic mass is 16.5. The first-order valence-corrected chi connectivity index (χ1v) is 6.92. The van der Waals surface area contributed by atoms with Crippen molar-refractivity contribution >= 4 is 11.6 Å². The second-order valence-electron chi connectivity index (χ2n) is 5.18. The van der Waals surface area contributed by atoms with E-state index in [2.05, 4.69) is 5.32 Å². The molecule has 110 valence electrons. The second kappa shape index (κ2) is 6.61. The van der Waals surface area contributed by atoms with E-state index in [4.69, 9.17) is 15.2 Å². The summed E-state index contributed by atoms with van der Waals surface area (Å²) >= 11 is 0. The average molecular weight is 278 g/mol. The number of rotatable bonds is 4. The summed E-state index contributed by atoms with van der Waals surface area (Å²) in [6, 6.07) is 5.47. The maximum atomic E-state index is 12.3. The van der Waals surface area contributed by atoms with Crippen LogP contribution >= 0.6 is 0 Å². The molecular weight excluding hydrogens is 256 g/mol. The lowest BCUT2D eigenvalue weighted by Gasteiger charge is -2.26. The maximum Gasteiger partial charge on any atom is 0.227 e. The standard InChI is InChI=1S/C15H22N2O3/c1-19-12-6-7-13(14(9-12)20-2)17-15(18)10-4-3-5-11(16)8-10/h6-7,9-11H,3-5,8,16H2,1-2H3,(H,17,18). The number of carbonyl (C=O) groups is 1. The van der Waals surface area contributed by atoms with E-state index in [0.29, 0.717) is 17.2 Å². The lowest BCUT2D eigenvalue weighted by atomic mass is 9.85. The highest BCUT2D eigenvalue weighted by molar-refractivity contribution is 5.94. The Kier molecular flexibility index (Phi) is 4.84. The highest BCUT2D eigenvalue weighted by Gasteiger charge is 2.25. The van der Waals surface area contributed by atoms with Gasteiger partial charge in [0.25, 0.3) is 0 Å². The topological polar surface area (TPSA) is 73.6 Å². The first-order chi connectivity index (χ1) is 9.63. The van der Waals surface area contributed by atoms with Crippen molar-refractivity contribution in [2.45, 2.75) is 31.7 Å². The van der Waals surface area contributed by atoms with Gasteiger partial charge in [-0.3, -0.25) is 4.79 Å². The van der Waals surface area contributed by atoms with Gasteiger partial charge in [0.15, 0.2) is 0 Å². The van der Waals surface area contributed by atoms with Crippen LogP contribution in [0.1, 0.15) is 25.7 Å². The van der Waals surface area contributed by atoms with Crippen molar-refractivity contribution in [1.29, 1.82) is 0 Å². The van der Waals surface area contributed by atoms with Crippen molar-refractivity contribution in [2.75, 3.05) is 19.5 Å². The Morgan fingerprint density at radius 1 is 1.30 bits per heavy atom. The molecule has 2 atom stereocenters. The van der Waals surface area contributed by atoms with Crippen molar-refractivity contribution < 1.29 is 14.3 Å². The van der Waals surface area contributed by atoms with Crippen molar-refractivity contribution in [3.8, 4) is 11.5 Å². The third-order valence-corrected chi connectivity index (χ3v) is 3.75. The van der Waals surface area contributed by atoms with Crippen LogP contribution in [-0.2, 0) is 4.79 Å². The first-order valence-electron chi connectivity index (χ1n) is 6.92. The number of nitrogens with one attached hydrogen (secondary N) is 1. The minimum absolute atomic E-state index is 0.00874. The number of nitrogens with two attached hydrogens (primary N) is 1. The number of methoxy groups -OCH3 is 2. The Bertz CT molecular complexity index is 476. The van der Waals surface area contributed by atoms with E-state index in [1.54, 1.807) is 32.4 Å². The van der Waals surface area contributed by atoms with Gasteiger partial charge in [0, 0.05) is 18.0 Å². The molecule has 1 amide bonds. The molecule has 1 aromatic carbocycles. The van der Waals surface area contributed by atoms with E-state index in [1.165, 1.54) is 0 Å². The van der Waals surface area contributed by atoms with E-state index in [0.717, 1.165) is 25.7 Å². The molecule has 0 aliphatic heterocycles. The Labute approximate surface area is 119 Å². The fourth-order valence-corrected chi connectivity index (χ4v) is 2.60. The van der Waals surface area contributed by atoms with Crippen LogP contribution in [0.25, 0.3) is 0 Å². The van der Waals surface area contributed by atoms with Crippen molar-refractivity contribution in [1.82, 2.24) is 0 Å². The van der Waals surface area contributed by atoms with Gasteiger partial charge in [-0.15, -0.1) is 0 Å². The zero-order valence-electron chi connectivity index (χ0n) is 12.0. The van der Waals surface area contributed by atoms with E-state index in [1.807, 2.05) is 0 Å². The molecule has 1 aliphatic carbocycles. The normalized spacial score (nSPS) is 22.1. The molecule has 20 heavy (non-hydrogen) atoms. The smallest absolute Gasteiger partial charge is 0.227 e. The molecule has 0 radical (unpaired) electrons. The van der Waals surface area contributed by atoms with Gasteiger partial charge in [-0.2, -0.15) is 0 Å². The molecule has 2 rings (SSSR count). The Balaban J connectivity index is 2.07. The first kappa shape index (κ1) is 14.7. The van der Waals surface area contributed by atoms with Crippen molar-refractivity contribution in [3.05, 3.63) is 18.2 Å². The van der Waals surface area contributed by atoms with E-state index >= 15 is 0 Å². The van der Waals surface area contributed by atoms with Gasteiger partial charge in [-0.05, 0) is 31.4 Å². The summed E-state index contributed by atoms with van der Waals surface area (Å²) in [7, 11) is 3.16. The van der Waals surface area contributed by atoms with Crippen molar-refractivity contribution in [3.63, 3.8) is 0 Å². The van der Waals surface area contributed by atoms with Gasteiger partial charge in [-0.1, -0.05) is 6.42 Å². The van der Waals surface area contributed by atoms with E-state index in [-0.39, 0.29) is 17.9 Å². The zero-order valence-corrected chi connectivity index (χ0v) is 12.0. The van der Waals surface area contributed by atoms with Crippen LogP contribution in [0.3, 0.4) is 0 Å². The van der Waals surface area contributed by atoms with Crippen LogP contribution in [0, 0.1) is 5.92 Å². The Morgan fingerprint density at radius 3 is 2.75 bits per heavy atom. The quantitative estimate of drug-likeness (QED) is 0.885. The molecule has 5 heteroatoms. The Hall–Kier alpha value is -1.75. The summed E-state index contributed by atoms with van der Waals surface area (Å²) in [5.41, 5.74) is 6.59. The molecule has 1 aromatic rings. The number of anilines is 1. The van der Waals surface area contributed by atoms with Gasteiger partial charge in [0.05, 0.1) is 19.9 Å². The summed E-state index contributed by atoms with van der Waals surface area (Å²) in [6.45, 7) is 0. The van der Waals surface area contributed by atoms with Gasteiger partial charge in [0.2, 0.25) is 5.91 Å². The molecule has 1 aliphatic rings. The number of hydrogen-bond acceptors (Lipinski definition) is 4. The predicted octanol–water partition coefficient (Wildman–Crippen LogP) is 2.16. The fourth-order valence-electron chi connectivity index (χ4n) is 2.60.